The minimum absolute atomic E-state index is 0.0432. The lowest BCUT2D eigenvalue weighted by atomic mass is 9.99. The summed E-state index contributed by atoms with van der Waals surface area (Å²) in [6.07, 6.45) is -4.15. The van der Waals surface area contributed by atoms with Crippen molar-refractivity contribution < 1.29 is 40.2 Å². The molecule has 136 valence electrons. The molecule has 12 heteroatoms. The van der Waals surface area contributed by atoms with Gasteiger partial charge >= 0.3 is 12.1 Å². The number of hydrogen-bond donors (Lipinski definition) is 2. The van der Waals surface area contributed by atoms with Gasteiger partial charge < -0.3 is 14.5 Å². The molecule has 1 aliphatic heterocycles. The predicted octanol–water partition coefficient (Wildman–Crippen LogP) is 1.27. The Morgan fingerprint density at radius 3 is 2.50 bits per heavy atom. The smallest absolute Gasteiger partial charge is 0.412 e. The van der Waals surface area contributed by atoms with E-state index in [4.69, 9.17) is 0 Å². The molecule has 2 N–H and O–H groups in total. The molecule has 0 bridgehead atoms. The zero-order chi connectivity index (χ0) is 18.2. The molecule has 24 heavy (non-hydrogen) atoms. The van der Waals surface area contributed by atoms with Crippen LogP contribution in [0.15, 0.2) is 11.1 Å². The SMILES string of the molecule is CCOC(=O)c1[nH]cc(S(=O)(=O)NC2(C(F)(F)F)COC2)c1CF. The van der Waals surface area contributed by atoms with Crippen LogP contribution in [0.5, 0.6) is 0 Å². The molecule has 0 unspecified atom stereocenters. The van der Waals surface area contributed by atoms with Crippen molar-refractivity contribution in [1.29, 1.82) is 0 Å². The van der Waals surface area contributed by atoms with Crippen molar-refractivity contribution in [3.8, 4) is 0 Å². The number of aromatic nitrogens is 1. The molecule has 2 heterocycles. The minimum Gasteiger partial charge on any atom is -0.461 e. The van der Waals surface area contributed by atoms with Crippen molar-refractivity contribution in [2.75, 3.05) is 19.8 Å². The Bertz CT molecular complexity index is 724. The number of halogens is 4. The lowest BCUT2D eigenvalue weighted by Gasteiger charge is -2.42. The van der Waals surface area contributed by atoms with Gasteiger partial charge in [-0.15, -0.1) is 0 Å². The highest BCUT2D eigenvalue weighted by Gasteiger charge is 2.62. The van der Waals surface area contributed by atoms with Crippen LogP contribution in [0.25, 0.3) is 0 Å². The number of carbonyl (C=O) groups excluding carboxylic acids is 1. The second kappa shape index (κ2) is 6.33. The Hall–Kier alpha value is -1.66. The quantitative estimate of drug-likeness (QED) is 0.577. The maximum Gasteiger partial charge on any atom is 0.412 e. The standard InChI is InChI=1S/C12H14F4N2O5S/c1-2-23-10(19)9-7(3-13)8(4-17-9)24(20,21)18-11(5-22-6-11)12(14,15)16/h4,17-18H,2-3,5-6H2,1H3. The molecule has 0 saturated carbocycles. The summed E-state index contributed by atoms with van der Waals surface area (Å²) in [7, 11) is -4.76. The van der Waals surface area contributed by atoms with Crippen LogP contribution < -0.4 is 4.72 Å². The topological polar surface area (TPSA) is 97.5 Å². The van der Waals surface area contributed by atoms with Crippen molar-refractivity contribution >= 4 is 16.0 Å². The fourth-order valence-electron chi connectivity index (χ4n) is 2.09. The summed E-state index contributed by atoms with van der Waals surface area (Å²) in [5.74, 6) is -1.01. The number of ether oxygens (including phenoxy) is 2. The molecule has 1 aromatic rings. The van der Waals surface area contributed by atoms with Gasteiger partial charge in [0.05, 0.1) is 19.8 Å². The first-order valence-electron chi connectivity index (χ1n) is 6.70. The second-order valence-electron chi connectivity index (χ2n) is 5.04. The number of rotatable bonds is 6. The van der Waals surface area contributed by atoms with Gasteiger partial charge in [-0.2, -0.15) is 17.9 Å². The van der Waals surface area contributed by atoms with Gasteiger partial charge in [-0.05, 0) is 6.92 Å². The van der Waals surface area contributed by atoms with E-state index in [0.29, 0.717) is 0 Å². The summed E-state index contributed by atoms with van der Waals surface area (Å²) >= 11 is 0. The molecule has 0 radical (unpaired) electrons. The molecule has 1 saturated heterocycles. The van der Waals surface area contributed by atoms with Crippen molar-refractivity contribution in [3.05, 3.63) is 17.5 Å². The fourth-order valence-corrected chi connectivity index (χ4v) is 3.64. The first-order chi connectivity index (χ1) is 11.1. The molecule has 0 amide bonds. The van der Waals surface area contributed by atoms with E-state index < -0.39 is 63.7 Å². The summed E-state index contributed by atoms with van der Waals surface area (Å²) in [6, 6.07) is 0. The summed E-state index contributed by atoms with van der Waals surface area (Å²) < 4.78 is 87.5. The Morgan fingerprint density at radius 1 is 1.46 bits per heavy atom. The van der Waals surface area contributed by atoms with Gasteiger partial charge in [0.25, 0.3) is 0 Å². The Balaban J connectivity index is 2.38. The number of sulfonamides is 1. The highest BCUT2D eigenvalue weighted by Crippen LogP contribution is 2.37. The summed E-state index contributed by atoms with van der Waals surface area (Å²) in [4.78, 5) is 13.1. The van der Waals surface area contributed by atoms with E-state index in [2.05, 4.69) is 14.5 Å². The molecule has 0 atom stereocenters. The number of nitrogens with one attached hydrogen (secondary N) is 2. The monoisotopic (exact) mass is 374 g/mol. The molecule has 1 aromatic heterocycles. The average Bonchev–Trinajstić information content (AvgIpc) is 2.86. The summed E-state index contributed by atoms with van der Waals surface area (Å²) in [6.45, 7) is -1.73. The van der Waals surface area contributed by atoms with Gasteiger partial charge in [0.15, 0.2) is 5.54 Å². The lowest BCUT2D eigenvalue weighted by molar-refractivity contribution is -0.260. The van der Waals surface area contributed by atoms with E-state index >= 15 is 0 Å². The first-order valence-corrected chi connectivity index (χ1v) is 8.18. The summed E-state index contributed by atoms with van der Waals surface area (Å²) in [5.41, 5.74) is -3.84. The minimum atomic E-state index is -4.89. The zero-order valence-corrected chi connectivity index (χ0v) is 13.2. The first kappa shape index (κ1) is 18.7. The van der Waals surface area contributed by atoms with Crippen LogP contribution >= 0.6 is 0 Å². The van der Waals surface area contributed by atoms with E-state index in [-0.39, 0.29) is 6.61 Å². The van der Waals surface area contributed by atoms with E-state index in [1.54, 1.807) is 0 Å². The molecule has 0 aliphatic carbocycles. The van der Waals surface area contributed by atoms with E-state index in [0.717, 1.165) is 6.20 Å². The van der Waals surface area contributed by atoms with Crippen LogP contribution in [0.3, 0.4) is 0 Å². The number of hydrogen-bond acceptors (Lipinski definition) is 5. The van der Waals surface area contributed by atoms with Crippen LogP contribution in [-0.4, -0.2) is 50.9 Å². The van der Waals surface area contributed by atoms with E-state index in [9.17, 15) is 30.8 Å². The molecule has 0 spiro atoms. The maximum absolute atomic E-state index is 13.2. The largest absolute Gasteiger partial charge is 0.461 e. The number of aromatic amines is 1. The molecule has 2 rings (SSSR count). The molecular weight excluding hydrogens is 360 g/mol. The fraction of sp³-hybridized carbons (Fsp3) is 0.583. The van der Waals surface area contributed by atoms with Crippen LogP contribution in [0.2, 0.25) is 0 Å². The number of esters is 1. The van der Waals surface area contributed by atoms with Gasteiger partial charge in [0, 0.05) is 11.8 Å². The Morgan fingerprint density at radius 2 is 2.08 bits per heavy atom. The van der Waals surface area contributed by atoms with Crippen molar-refractivity contribution in [2.24, 2.45) is 0 Å². The Kier molecular flexibility index (Phi) is 4.93. The molecule has 7 nitrogen and oxygen atoms in total. The highest BCUT2D eigenvalue weighted by molar-refractivity contribution is 7.89. The molecular formula is C12H14F4N2O5S. The van der Waals surface area contributed by atoms with E-state index in [1.807, 2.05) is 0 Å². The number of H-pyrrole nitrogens is 1. The van der Waals surface area contributed by atoms with E-state index in [1.165, 1.54) is 11.6 Å². The molecule has 1 aliphatic rings. The maximum atomic E-state index is 13.2. The second-order valence-corrected chi connectivity index (χ2v) is 6.69. The number of carbonyl (C=O) groups is 1. The van der Waals surface area contributed by atoms with Gasteiger partial charge in [0.2, 0.25) is 10.0 Å². The Labute approximate surface area is 134 Å². The third kappa shape index (κ3) is 3.13. The normalized spacial score (nSPS) is 17.4. The van der Waals surface area contributed by atoms with Crippen LogP contribution in [0.4, 0.5) is 17.6 Å². The van der Waals surface area contributed by atoms with Crippen molar-refractivity contribution in [3.63, 3.8) is 0 Å². The van der Waals surface area contributed by atoms with Crippen LogP contribution in [-0.2, 0) is 26.2 Å². The van der Waals surface area contributed by atoms with Crippen molar-refractivity contribution in [2.45, 2.75) is 30.2 Å². The zero-order valence-electron chi connectivity index (χ0n) is 12.4. The highest BCUT2D eigenvalue weighted by atomic mass is 32.2. The third-order valence-corrected chi connectivity index (χ3v) is 5.02. The molecule has 1 fully saturated rings. The predicted molar refractivity (Wildman–Crippen MR) is 71.5 cm³/mol. The molecule has 0 aromatic carbocycles. The van der Waals surface area contributed by atoms with Gasteiger partial charge in [-0.1, -0.05) is 0 Å². The van der Waals surface area contributed by atoms with Gasteiger partial charge in [-0.25, -0.2) is 17.6 Å². The number of alkyl halides is 4. The van der Waals surface area contributed by atoms with Crippen LogP contribution in [0.1, 0.15) is 23.0 Å². The summed E-state index contributed by atoms with van der Waals surface area (Å²) in [5, 5.41) is 0. The van der Waals surface area contributed by atoms with Gasteiger partial charge in [-0.3, -0.25) is 0 Å². The van der Waals surface area contributed by atoms with Gasteiger partial charge in [0.1, 0.15) is 17.3 Å². The lowest BCUT2D eigenvalue weighted by Crippen LogP contribution is -2.70. The van der Waals surface area contributed by atoms with Crippen LogP contribution in [0, 0.1) is 0 Å². The van der Waals surface area contributed by atoms with Crippen molar-refractivity contribution in [1.82, 2.24) is 9.71 Å². The third-order valence-electron chi connectivity index (χ3n) is 3.42. The average molecular weight is 374 g/mol.